The van der Waals surface area contributed by atoms with Crippen LogP contribution in [-0.2, 0) is 6.54 Å². The number of nitrogens with one attached hydrogen (secondary N) is 1. The maximum atomic E-state index is 6.12. The van der Waals surface area contributed by atoms with Crippen molar-refractivity contribution >= 4 is 0 Å². The van der Waals surface area contributed by atoms with Crippen LogP contribution in [0.1, 0.15) is 29.2 Å². The first-order chi connectivity index (χ1) is 13.4. The summed E-state index contributed by atoms with van der Waals surface area (Å²) in [6.45, 7) is 3.25. The molecule has 2 aliphatic rings. The molecule has 0 bridgehead atoms. The average molecular weight is 356 g/mol. The average Bonchev–Trinajstić information content (AvgIpc) is 3.15. The smallest absolute Gasteiger partial charge is 0.132 e. The van der Waals surface area contributed by atoms with Gasteiger partial charge in [-0.05, 0) is 24.1 Å². The first-order valence-corrected chi connectivity index (χ1v) is 9.75. The molecule has 3 heteroatoms. The van der Waals surface area contributed by atoms with E-state index in [0.29, 0.717) is 6.04 Å². The lowest BCUT2D eigenvalue weighted by atomic mass is 9.94. The summed E-state index contributed by atoms with van der Waals surface area (Å²) in [5.74, 6) is 1.93. The number of rotatable bonds is 4. The Kier molecular flexibility index (Phi) is 4.40. The number of hydrogen-bond donors (Lipinski definition) is 1. The van der Waals surface area contributed by atoms with Crippen molar-refractivity contribution < 1.29 is 4.74 Å². The predicted octanol–water partition coefficient (Wildman–Crippen LogP) is 4.75. The molecule has 0 radical (unpaired) electrons. The van der Waals surface area contributed by atoms with Gasteiger partial charge in [0.25, 0.3) is 0 Å². The lowest BCUT2D eigenvalue weighted by Crippen LogP contribution is -2.37. The Bertz CT molecular complexity index is 879. The molecular weight excluding hydrogens is 332 g/mol. The summed E-state index contributed by atoms with van der Waals surface area (Å²) < 4.78 is 6.12. The van der Waals surface area contributed by atoms with Gasteiger partial charge < -0.3 is 10.1 Å². The van der Waals surface area contributed by atoms with Crippen LogP contribution in [0.15, 0.2) is 78.9 Å². The molecule has 136 valence electrons. The van der Waals surface area contributed by atoms with Crippen molar-refractivity contribution in [2.75, 3.05) is 13.1 Å². The topological polar surface area (TPSA) is 24.5 Å². The highest BCUT2D eigenvalue weighted by molar-refractivity contribution is 5.53. The number of nitrogens with zero attached hydrogens (tertiary/aromatic N) is 1. The molecule has 5 rings (SSSR count). The maximum Gasteiger partial charge on any atom is 0.132 e. The largest absolute Gasteiger partial charge is 0.457 e. The molecule has 0 saturated carbocycles. The van der Waals surface area contributed by atoms with Crippen molar-refractivity contribution in [3.63, 3.8) is 0 Å². The van der Waals surface area contributed by atoms with Crippen LogP contribution < -0.4 is 10.1 Å². The number of hydrogen-bond acceptors (Lipinski definition) is 3. The molecule has 3 aromatic carbocycles. The van der Waals surface area contributed by atoms with Gasteiger partial charge in [-0.1, -0.05) is 66.7 Å². The van der Waals surface area contributed by atoms with Crippen molar-refractivity contribution in [3.05, 3.63) is 95.6 Å². The molecule has 1 N–H and O–H groups in total. The zero-order chi connectivity index (χ0) is 18.1. The standard InChI is InChI=1S/C24H24N2O/c1-2-8-18(9-3-1)16-26-15-14-19(17-26)25-24-20-10-4-6-12-22(20)27-23-13-7-5-11-21(23)24/h1-13,19,24-25H,14-17H2. The van der Waals surface area contributed by atoms with Gasteiger partial charge in [-0.3, -0.25) is 4.90 Å². The highest BCUT2D eigenvalue weighted by Gasteiger charge is 2.31. The van der Waals surface area contributed by atoms with Crippen LogP contribution in [0.5, 0.6) is 11.5 Å². The van der Waals surface area contributed by atoms with E-state index in [1.807, 2.05) is 12.1 Å². The first kappa shape index (κ1) is 16.5. The number of para-hydroxylation sites is 2. The lowest BCUT2D eigenvalue weighted by Gasteiger charge is -2.31. The molecule has 0 spiro atoms. The summed E-state index contributed by atoms with van der Waals surface area (Å²) in [5, 5.41) is 3.92. The summed E-state index contributed by atoms with van der Waals surface area (Å²) in [6, 6.07) is 28.2. The minimum absolute atomic E-state index is 0.188. The number of fused-ring (bicyclic) bond motifs is 2. The summed E-state index contributed by atoms with van der Waals surface area (Å²) in [6.07, 6.45) is 1.18. The third kappa shape index (κ3) is 3.36. The van der Waals surface area contributed by atoms with E-state index in [9.17, 15) is 0 Å². The van der Waals surface area contributed by atoms with E-state index in [1.54, 1.807) is 0 Å². The molecule has 1 unspecified atom stereocenters. The van der Waals surface area contributed by atoms with E-state index < -0.39 is 0 Å². The Balaban J connectivity index is 1.34. The van der Waals surface area contributed by atoms with Gasteiger partial charge in [-0.15, -0.1) is 0 Å². The van der Waals surface area contributed by atoms with E-state index >= 15 is 0 Å². The predicted molar refractivity (Wildman–Crippen MR) is 108 cm³/mol. The molecular formula is C24H24N2O. The highest BCUT2D eigenvalue weighted by Crippen LogP contribution is 2.42. The zero-order valence-corrected chi connectivity index (χ0v) is 15.3. The molecule has 3 aromatic rings. The molecule has 2 heterocycles. The van der Waals surface area contributed by atoms with E-state index in [0.717, 1.165) is 31.1 Å². The Hall–Kier alpha value is -2.62. The molecule has 1 atom stereocenters. The Morgan fingerprint density at radius 3 is 2.15 bits per heavy atom. The minimum atomic E-state index is 0.188. The summed E-state index contributed by atoms with van der Waals surface area (Å²) in [7, 11) is 0. The second-order valence-electron chi connectivity index (χ2n) is 7.48. The Morgan fingerprint density at radius 2 is 1.44 bits per heavy atom. The quantitative estimate of drug-likeness (QED) is 0.730. The molecule has 2 aliphatic heterocycles. The lowest BCUT2D eigenvalue weighted by molar-refractivity contribution is 0.315. The fourth-order valence-electron chi connectivity index (χ4n) is 4.28. The van der Waals surface area contributed by atoms with Gasteiger partial charge in [0.1, 0.15) is 11.5 Å². The summed E-state index contributed by atoms with van der Waals surface area (Å²) >= 11 is 0. The molecule has 1 fully saturated rings. The highest BCUT2D eigenvalue weighted by atomic mass is 16.5. The van der Waals surface area contributed by atoms with Crippen LogP contribution in [0.2, 0.25) is 0 Å². The van der Waals surface area contributed by atoms with Crippen molar-refractivity contribution in [3.8, 4) is 11.5 Å². The Morgan fingerprint density at radius 1 is 0.815 bits per heavy atom. The first-order valence-electron chi connectivity index (χ1n) is 9.75. The Labute approximate surface area is 160 Å². The van der Waals surface area contributed by atoms with Gasteiger partial charge in [0.15, 0.2) is 0 Å². The van der Waals surface area contributed by atoms with Gasteiger partial charge in [0, 0.05) is 36.8 Å². The summed E-state index contributed by atoms with van der Waals surface area (Å²) in [5.41, 5.74) is 3.86. The maximum absolute atomic E-state index is 6.12. The second kappa shape index (κ2) is 7.18. The monoisotopic (exact) mass is 356 g/mol. The number of likely N-dealkylation sites (tertiary alicyclic amines) is 1. The van der Waals surface area contributed by atoms with E-state index in [2.05, 4.69) is 76.9 Å². The minimum Gasteiger partial charge on any atom is -0.457 e. The van der Waals surface area contributed by atoms with Crippen molar-refractivity contribution in [2.24, 2.45) is 0 Å². The van der Waals surface area contributed by atoms with Gasteiger partial charge in [-0.25, -0.2) is 0 Å². The molecule has 0 aliphatic carbocycles. The fraction of sp³-hybridized carbons (Fsp3) is 0.250. The summed E-state index contributed by atoms with van der Waals surface area (Å²) in [4.78, 5) is 2.55. The van der Waals surface area contributed by atoms with Gasteiger partial charge in [-0.2, -0.15) is 0 Å². The third-order valence-electron chi connectivity index (χ3n) is 5.60. The van der Waals surface area contributed by atoms with E-state index in [1.165, 1.54) is 23.1 Å². The van der Waals surface area contributed by atoms with Crippen molar-refractivity contribution in [1.82, 2.24) is 10.2 Å². The zero-order valence-electron chi connectivity index (χ0n) is 15.3. The van der Waals surface area contributed by atoms with Crippen LogP contribution in [0, 0.1) is 0 Å². The van der Waals surface area contributed by atoms with Crippen LogP contribution in [0.25, 0.3) is 0 Å². The number of ether oxygens (including phenoxy) is 1. The number of benzene rings is 3. The fourth-order valence-corrected chi connectivity index (χ4v) is 4.28. The van der Waals surface area contributed by atoms with E-state index in [4.69, 9.17) is 4.74 Å². The molecule has 1 saturated heterocycles. The molecule has 27 heavy (non-hydrogen) atoms. The normalized spacial score (nSPS) is 19.3. The van der Waals surface area contributed by atoms with Gasteiger partial charge >= 0.3 is 0 Å². The second-order valence-corrected chi connectivity index (χ2v) is 7.48. The van der Waals surface area contributed by atoms with E-state index in [-0.39, 0.29) is 6.04 Å². The van der Waals surface area contributed by atoms with Gasteiger partial charge in [0.05, 0.1) is 6.04 Å². The molecule has 3 nitrogen and oxygen atoms in total. The molecule has 0 aromatic heterocycles. The van der Waals surface area contributed by atoms with Crippen LogP contribution >= 0.6 is 0 Å². The van der Waals surface area contributed by atoms with Gasteiger partial charge in [0.2, 0.25) is 0 Å². The van der Waals surface area contributed by atoms with Crippen LogP contribution in [0.3, 0.4) is 0 Å². The third-order valence-corrected chi connectivity index (χ3v) is 5.60. The van der Waals surface area contributed by atoms with Crippen LogP contribution in [0.4, 0.5) is 0 Å². The SMILES string of the molecule is c1ccc(CN2CCC(NC3c4ccccc4Oc4ccccc43)C2)cc1. The van der Waals surface area contributed by atoms with Crippen LogP contribution in [-0.4, -0.2) is 24.0 Å². The molecule has 0 amide bonds. The van der Waals surface area contributed by atoms with Crippen molar-refractivity contribution in [1.29, 1.82) is 0 Å². The van der Waals surface area contributed by atoms with Crippen molar-refractivity contribution in [2.45, 2.75) is 25.0 Å².